The minimum atomic E-state index is -1.20. The molecule has 0 aromatic heterocycles. The van der Waals surface area contributed by atoms with Crippen LogP contribution in [0.3, 0.4) is 0 Å². The molecule has 0 aliphatic carbocycles. The fourth-order valence-corrected chi connectivity index (χ4v) is 0.803. The van der Waals surface area contributed by atoms with Gasteiger partial charge in [-0.2, -0.15) is 0 Å². The van der Waals surface area contributed by atoms with Crippen LogP contribution in [0.5, 0.6) is 0 Å². The van der Waals surface area contributed by atoms with Crippen molar-refractivity contribution < 1.29 is 15.3 Å². The maximum atomic E-state index is 10.1. The molecule has 12 heavy (non-hydrogen) atoms. The number of hydrogen-bond donors (Lipinski definition) is 3. The van der Waals surface area contributed by atoms with Crippen molar-refractivity contribution in [3.05, 3.63) is 16.4 Å². The van der Waals surface area contributed by atoms with Gasteiger partial charge in [-0.15, -0.1) is 4.91 Å². The van der Waals surface area contributed by atoms with Gasteiger partial charge >= 0.3 is 0 Å². The molecule has 0 aromatic carbocycles. The summed E-state index contributed by atoms with van der Waals surface area (Å²) in [6.07, 6.45) is -1.96. The van der Waals surface area contributed by atoms with Crippen LogP contribution in [0.4, 0.5) is 0 Å². The van der Waals surface area contributed by atoms with Crippen LogP contribution in [0.25, 0.3) is 0 Å². The molecule has 2 unspecified atom stereocenters. The molecular formula is C7H13NO4. The molecule has 0 radical (unpaired) electrons. The largest absolute Gasteiger partial charge is 0.510 e. The van der Waals surface area contributed by atoms with E-state index in [4.69, 9.17) is 10.2 Å². The van der Waals surface area contributed by atoms with E-state index >= 15 is 0 Å². The molecule has 0 spiro atoms. The summed E-state index contributed by atoms with van der Waals surface area (Å²) in [5.74, 6) is -0.321. The lowest BCUT2D eigenvalue weighted by Gasteiger charge is -2.10. The van der Waals surface area contributed by atoms with Crippen LogP contribution in [0.15, 0.2) is 16.6 Å². The second-order valence-corrected chi connectivity index (χ2v) is 2.66. The molecule has 0 bridgehead atoms. The SMILES string of the molecule is C/C(O)=C(/N=O)C(O)CC(C)O. The normalized spacial score (nSPS) is 18.0. The van der Waals surface area contributed by atoms with Crippen molar-refractivity contribution in [2.24, 2.45) is 5.18 Å². The Morgan fingerprint density at radius 3 is 2.25 bits per heavy atom. The minimum Gasteiger partial charge on any atom is -0.510 e. The fourth-order valence-electron chi connectivity index (χ4n) is 0.803. The molecule has 5 heteroatoms. The molecule has 3 N–H and O–H groups in total. The summed E-state index contributed by atoms with van der Waals surface area (Å²) in [6, 6.07) is 0. The maximum Gasteiger partial charge on any atom is 0.150 e. The minimum absolute atomic E-state index is 0.0149. The number of aliphatic hydroxyl groups is 3. The Hall–Kier alpha value is -0.940. The number of aliphatic hydroxyl groups excluding tert-OH is 3. The van der Waals surface area contributed by atoms with E-state index in [-0.39, 0.29) is 17.9 Å². The predicted molar refractivity (Wildman–Crippen MR) is 43.4 cm³/mol. The van der Waals surface area contributed by atoms with Crippen LogP contribution in [-0.4, -0.2) is 27.5 Å². The maximum absolute atomic E-state index is 10.1. The van der Waals surface area contributed by atoms with Crippen LogP contribution in [0.1, 0.15) is 20.3 Å². The number of rotatable bonds is 4. The standard InChI is InChI=1S/C7H13NO4/c1-4(9)3-6(11)7(8-12)5(2)10/h4,6,9-11H,3H2,1-2H3/b7-5-. The summed E-state index contributed by atoms with van der Waals surface area (Å²) in [6.45, 7) is 2.72. The zero-order valence-corrected chi connectivity index (χ0v) is 7.06. The zero-order valence-electron chi connectivity index (χ0n) is 7.06. The van der Waals surface area contributed by atoms with E-state index < -0.39 is 12.2 Å². The summed E-state index contributed by atoms with van der Waals surface area (Å²) in [4.78, 5) is 10.1. The van der Waals surface area contributed by atoms with Crippen LogP contribution in [-0.2, 0) is 0 Å². The average Bonchev–Trinajstić information content (AvgIpc) is 1.85. The van der Waals surface area contributed by atoms with Gasteiger partial charge in [0.25, 0.3) is 0 Å². The van der Waals surface area contributed by atoms with Crippen molar-refractivity contribution >= 4 is 0 Å². The van der Waals surface area contributed by atoms with E-state index in [2.05, 4.69) is 5.18 Å². The van der Waals surface area contributed by atoms with Gasteiger partial charge < -0.3 is 15.3 Å². The molecule has 0 saturated heterocycles. The molecule has 0 aliphatic heterocycles. The molecule has 2 atom stereocenters. The lowest BCUT2D eigenvalue weighted by molar-refractivity contribution is 0.107. The highest BCUT2D eigenvalue weighted by Gasteiger charge is 2.16. The highest BCUT2D eigenvalue weighted by atomic mass is 16.3. The van der Waals surface area contributed by atoms with Gasteiger partial charge in [-0.25, -0.2) is 0 Å². The van der Waals surface area contributed by atoms with Crippen molar-refractivity contribution in [2.45, 2.75) is 32.5 Å². The monoisotopic (exact) mass is 175 g/mol. The molecule has 70 valence electrons. The van der Waals surface area contributed by atoms with Gasteiger partial charge in [0.05, 0.1) is 6.10 Å². The van der Waals surface area contributed by atoms with Crippen LogP contribution >= 0.6 is 0 Å². The van der Waals surface area contributed by atoms with Crippen molar-refractivity contribution in [1.82, 2.24) is 0 Å². The molecule has 0 saturated carbocycles. The molecule has 0 heterocycles. The first-order chi connectivity index (χ1) is 5.49. The van der Waals surface area contributed by atoms with Gasteiger partial charge in [0.1, 0.15) is 11.9 Å². The lowest BCUT2D eigenvalue weighted by Crippen LogP contribution is -2.17. The van der Waals surface area contributed by atoms with Crippen LogP contribution in [0, 0.1) is 4.91 Å². The number of hydrogen-bond acceptors (Lipinski definition) is 5. The topological polar surface area (TPSA) is 90.1 Å². The number of nitrogens with zero attached hydrogens (tertiary/aromatic N) is 1. The summed E-state index contributed by atoms with van der Waals surface area (Å²) in [5.41, 5.74) is -0.323. The van der Waals surface area contributed by atoms with Crippen LogP contribution < -0.4 is 0 Å². The van der Waals surface area contributed by atoms with E-state index in [1.54, 1.807) is 0 Å². The van der Waals surface area contributed by atoms with Gasteiger partial charge in [0.15, 0.2) is 5.70 Å². The second-order valence-electron chi connectivity index (χ2n) is 2.66. The molecule has 5 nitrogen and oxygen atoms in total. The first kappa shape index (κ1) is 11.1. The Labute approximate surface area is 70.3 Å². The second kappa shape index (κ2) is 4.84. The molecule has 0 fully saturated rings. The summed E-state index contributed by atoms with van der Waals surface area (Å²) < 4.78 is 0. The van der Waals surface area contributed by atoms with Gasteiger partial charge in [-0.3, -0.25) is 0 Å². The Balaban J connectivity index is 4.34. The molecule has 0 rings (SSSR count). The van der Waals surface area contributed by atoms with Gasteiger partial charge in [0.2, 0.25) is 0 Å². The molecule has 0 aliphatic rings. The van der Waals surface area contributed by atoms with Gasteiger partial charge in [0, 0.05) is 6.42 Å². The van der Waals surface area contributed by atoms with E-state index in [9.17, 15) is 10.0 Å². The molecule has 0 amide bonds. The molecular weight excluding hydrogens is 162 g/mol. The number of nitroso groups, excluding NO2 is 1. The van der Waals surface area contributed by atoms with Gasteiger partial charge in [-0.1, -0.05) is 0 Å². The lowest BCUT2D eigenvalue weighted by atomic mass is 10.1. The zero-order chi connectivity index (χ0) is 9.72. The number of allylic oxidation sites excluding steroid dienone is 1. The Kier molecular flexibility index (Phi) is 4.46. The van der Waals surface area contributed by atoms with Crippen LogP contribution in [0.2, 0.25) is 0 Å². The first-order valence-electron chi connectivity index (χ1n) is 3.58. The third kappa shape index (κ3) is 3.45. The highest BCUT2D eigenvalue weighted by Crippen LogP contribution is 2.13. The first-order valence-corrected chi connectivity index (χ1v) is 3.58. The average molecular weight is 175 g/mol. The van der Waals surface area contributed by atoms with Crippen molar-refractivity contribution in [1.29, 1.82) is 0 Å². The van der Waals surface area contributed by atoms with Crippen molar-refractivity contribution in [2.75, 3.05) is 0 Å². The van der Waals surface area contributed by atoms with E-state index in [1.165, 1.54) is 13.8 Å². The Bertz CT molecular complexity index is 184. The van der Waals surface area contributed by atoms with E-state index in [0.717, 1.165) is 0 Å². The summed E-state index contributed by atoms with van der Waals surface area (Å²) in [7, 11) is 0. The fraction of sp³-hybridized carbons (Fsp3) is 0.714. The van der Waals surface area contributed by atoms with E-state index in [0.29, 0.717) is 0 Å². The Morgan fingerprint density at radius 1 is 1.50 bits per heavy atom. The third-order valence-electron chi connectivity index (χ3n) is 1.35. The molecule has 0 aromatic rings. The van der Waals surface area contributed by atoms with Crippen molar-refractivity contribution in [3.63, 3.8) is 0 Å². The quantitative estimate of drug-likeness (QED) is 0.432. The third-order valence-corrected chi connectivity index (χ3v) is 1.35. The van der Waals surface area contributed by atoms with Gasteiger partial charge in [-0.05, 0) is 19.0 Å². The summed E-state index contributed by atoms with van der Waals surface area (Å²) in [5, 5.41) is 29.3. The summed E-state index contributed by atoms with van der Waals surface area (Å²) >= 11 is 0. The Morgan fingerprint density at radius 2 is 2.00 bits per heavy atom. The highest BCUT2D eigenvalue weighted by molar-refractivity contribution is 5.09. The van der Waals surface area contributed by atoms with Crippen molar-refractivity contribution in [3.8, 4) is 0 Å². The van der Waals surface area contributed by atoms with E-state index in [1.807, 2.05) is 0 Å². The smallest absolute Gasteiger partial charge is 0.150 e. The predicted octanol–water partition coefficient (Wildman–Crippen LogP) is 0.674.